The molecular weight excluding hydrogens is 344 g/mol. The molecule has 0 radical (unpaired) electrons. The predicted octanol–water partition coefficient (Wildman–Crippen LogP) is 1.74. The van der Waals surface area contributed by atoms with Crippen LogP contribution in [0.25, 0.3) is 0 Å². The highest BCUT2D eigenvalue weighted by Crippen LogP contribution is 2.22. The van der Waals surface area contributed by atoms with Gasteiger partial charge < -0.3 is 10.1 Å². The van der Waals surface area contributed by atoms with E-state index in [2.05, 4.69) is 10.7 Å². The third-order valence-corrected chi connectivity index (χ3v) is 3.43. The zero-order chi connectivity index (χ0) is 17.4. The Balaban J connectivity index is 2.70. The maximum absolute atomic E-state index is 12.2. The van der Waals surface area contributed by atoms with Gasteiger partial charge in [0.15, 0.2) is 5.11 Å². The molecule has 23 heavy (non-hydrogen) atoms. The molecule has 0 fully saturated rings. The van der Waals surface area contributed by atoms with Crippen LogP contribution in [0.5, 0.6) is 0 Å². The zero-order valence-electron chi connectivity index (χ0n) is 12.7. The lowest BCUT2D eigenvalue weighted by Gasteiger charge is -2.21. The summed E-state index contributed by atoms with van der Waals surface area (Å²) in [6, 6.07) is 3.76. The Morgan fingerprint density at radius 3 is 2.83 bits per heavy atom. The molecule has 0 saturated carbocycles. The fourth-order valence-electron chi connectivity index (χ4n) is 1.64. The number of nitrogens with zero attached hydrogens (tertiary/aromatic N) is 2. The van der Waals surface area contributed by atoms with Crippen molar-refractivity contribution in [1.82, 2.24) is 15.8 Å². The van der Waals surface area contributed by atoms with Crippen molar-refractivity contribution in [3.8, 4) is 0 Å². The quantitative estimate of drug-likeness (QED) is 0.345. The maximum atomic E-state index is 12.2. The second kappa shape index (κ2) is 9.23. The number of nitro benzene ring substituents is 1. The monoisotopic (exact) mass is 360 g/mol. The molecule has 1 aromatic carbocycles. The number of halogens is 1. The van der Waals surface area contributed by atoms with E-state index in [1.807, 2.05) is 0 Å². The van der Waals surface area contributed by atoms with Gasteiger partial charge in [-0.15, -0.1) is 0 Å². The number of nitro groups is 1. The standard InChI is InChI=1S/C13H17ClN4O4S/c1-17(13(23)15-6-3-7-22-2)16-12(19)10-8-9(14)4-5-11(10)18(20)21/h4-5,8H,3,6-7H2,1-2H3,(H,15,23)(H,16,19). The second-order valence-corrected chi connectivity index (χ2v) is 5.32. The summed E-state index contributed by atoms with van der Waals surface area (Å²) in [4.78, 5) is 22.5. The van der Waals surface area contributed by atoms with Crippen molar-refractivity contribution in [2.75, 3.05) is 27.3 Å². The van der Waals surface area contributed by atoms with Crippen LogP contribution in [0, 0.1) is 10.1 Å². The molecule has 0 aromatic heterocycles. The summed E-state index contributed by atoms with van der Waals surface area (Å²) in [5.74, 6) is -0.678. The number of rotatable bonds is 6. The average Bonchev–Trinajstić information content (AvgIpc) is 2.50. The Hall–Kier alpha value is -1.97. The molecular formula is C13H17ClN4O4S. The van der Waals surface area contributed by atoms with Crippen LogP contribution in [0.15, 0.2) is 18.2 Å². The third kappa shape index (κ3) is 5.97. The van der Waals surface area contributed by atoms with Crippen LogP contribution < -0.4 is 10.7 Å². The van der Waals surface area contributed by atoms with Crippen LogP contribution in [-0.4, -0.2) is 48.3 Å². The van der Waals surface area contributed by atoms with Crippen molar-refractivity contribution >= 4 is 40.5 Å². The molecule has 0 spiro atoms. The fourth-order valence-corrected chi connectivity index (χ4v) is 1.96. The molecule has 0 bridgehead atoms. The van der Waals surface area contributed by atoms with Gasteiger partial charge in [0.05, 0.1) is 4.92 Å². The van der Waals surface area contributed by atoms with Gasteiger partial charge in [0.2, 0.25) is 0 Å². The molecule has 0 aliphatic heterocycles. The minimum Gasteiger partial charge on any atom is -0.385 e. The minimum atomic E-state index is -0.678. The summed E-state index contributed by atoms with van der Waals surface area (Å²) < 4.78 is 4.91. The van der Waals surface area contributed by atoms with Gasteiger partial charge in [-0.05, 0) is 30.8 Å². The van der Waals surface area contributed by atoms with Gasteiger partial charge in [-0.25, -0.2) is 0 Å². The number of amides is 1. The molecule has 1 rings (SSSR count). The number of benzene rings is 1. The molecule has 10 heteroatoms. The summed E-state index contributed by atoms with van der Waals surface area (Å²) in [7, 11) is 3.13. The van der Waals surface area contributed by atoms with E-state index in [4.69, 9.17) is 28.6 Å². The molecule has 0 heterocycles. The maximum Gasteiger partial charge on any atom is 0.282 e. The van der Waals surface area contributed by atoms with E-state index in [1.54, 1.807) is 7.11 Å². The van der Waals surface area contributed by atoms with Crippen LogP contribution in [0.1, 0.15) is 16.8 Å². The van der Waals surface area contributed by atoms with Crippen molar-refractivity contribution in [2.24, 2.45) is 0 Å². The molecule has 0 unspecified atom stereocenters. The molecule has 1 amide bonds. The molecule has 0 saturated heterocycles. The molecule has 2 N–H and O–H groups in total. The first-order chi connectivity index (χ1) is 10.9. The number of nitrogens with one attached hydrogen (secondary N) is 2. The van der Waals surface area contributed by atoms with Crippen molar-refractivity contribution in [1.29, 1.82) is 0 Å². The normalized spacial score (nSPS) is 10.0. The summed E-state index contributed by atoms with van der Waals surface area (Å²) in [5, 5.41) is 15.7. The Kier molecular flexibility index (Phi) is 7.66. The summed E-state index contributed by atoms with van der Waals surface area (Å²) in [6.07, 6.45) is 0.748. The number of hydrogen-bond donors (Lipinski definition) is 2. The van der Waals surface area contributed by atoms with E-state index in [1.165, 1.54) is 30.3 Å². The smallest absolute Gasteiger partial charge is 0.282 e. The lowest BCUT2D eigenvalue weighted by molar-refractivity contribution is -0.385. The third-order valence-electron chi connectivity index (χ3n) is 2.78. The number of methoxy groups -OCH3 is 1. The van der Waals surface area contributed by atoms with Crippen molar-refractivity contribution in [3.63, 3.8) is 0 Å². The van der Waals surface area contributed by atoms with E-state index < -0.39 is 10.8 Å². The zero-order valence-corrected chi connectivity index (χ0v) is 14.2. The number of thiocarbonyl (C=S) groups is 1. The summed E-state index contributed by atoms with van der Waals surface area (Å²) in [5.41, 5.74) is 1.98. The van der Waals surface area contributed by atoms with Gasteiger partial charge >= 0.3 is 0 Å². The first kappa shape index (κ1) is 19.1. The van der Waals surface area contributed by atoms with Crippen LogP contribution in [0.2, 0.25) is 5.02 Å². The number of carbonyl (C=O) groups excluding carboxylic acids is 1. The Labute approximate surface area is 143 Å². The van der Waals surface area contributed by atoms with Gasteiger partial charge in [0.25, 0.3) is 11.6 Å². The summed E-state index contributed by atoms with van der Waals surface area (Å²) in [6.45, 7) is 1.16. The lowest BCUT2D eigenvalue weighted by Crippen LogP contribution is -2.48. The van der Waals surface area contributed by atoms with Gasteiger partial charge in [0, 0.05) is 38.4 Å². The van der Waals surface area contributed by atoms with E-state index >= 15 is 0 Å². The van der Waals surface area contributed by atoms with Crippen molar-refractivity contribution in [3.05, 3.63) is 38.9 Å². The number of ether oxygens (including phenoxy) is 1. The van der Waals surface area contributed by atoms with Gasteiger partial charge in [-0.3, -0.25) is 25.3 Å². The molecule has 1 aromatic rings. The predicted molar refractivity (Wildman–Crippen MR) is 90.4 cm³/mol. The van der Waals surface area contributed by atoms with E-state index in [9.17, 15) is 14.9 Å². The summed E-state index contributed by atoms with van der Waals surface area (Å²) >= 11 is 10.9. The van der Waals surface area contributed by atoms with Crippen LogP contribution in [0.4, 0.5) is 5.69 Å². The Morgan fingerprint density at radius 2 is 2.22 bits per heavy atom. The SMILES string of the molecule is COCCCNC(=S)N(C)NC(=O)c1cc(Cl)ccc1[N+](=O)[O-]. The Morgan fingerprint density at radius 1 is 1.52 bits per heavy atom. The molecule has 126 valence electrons. The second-order valence-electron chi connectivity index (χ2n) is 4.50. The number of carbonyl (C=O) groups is 1. The van der Waals surface area contributed by atoms with Crippen LogP contribution in [-0.2, 0) is 4.74 Å². The van der Waals surface area contributed by atoms with E-state index in [-0.39, 0.29) is 21.4 Å². The largest absolute Gasteiger partial charge is 0.385 e. The van der Waals surface area contributed by atoms with Crippen LogP contribution >= 0.6 is 23.8 Å². The van der Waals surface area contributed by atoms with Crippen LogP contribution in [0.3, 0.4) is 0 Å². The molecule has 0 atom stereocenters. The Bertz CT molecular complexity index is 599. The first-order valence-electron chi connectivity index (χ1n) is 6.62. The van der Waals surface area contributed by atoms with E-state index in [0.717, 1.165) is 6.42 Å². The van der Waals surface area contributed by atoms with Gasteiger partial charge in [-0.1, -0.05) is 11.6 Å². The van der Waals surface area contributed by atoms with Gasteiger partial charge in [0.1, 0.15) is 5.56 Å². The highest BCUT2D eigenvalue weighted by Gasteiger charge is 2.21. The number of hydrogen-bond acceptors (Lipinski definition) is 5. The minimum absolute atomic E-state index is 0.142. The average molecular weight is 361 g/mol. The van der Waals surface area contributed by atoms with Crippen molar-refractivity contribution in [2.45, 2.75) is 6.42 Å². The first-order valence-corrected chi connectivity index (χ1v) is 7.41. The highest BCUT2D eigenvalue weighted by atomic mass is 35.5. The fraction of sp³-hybridized carbons (Fsp3) is 0.385. The van der Waals surface area contributed by atoms with Gasteiger partial charge in [-0.2, -0.15) is 0 Å². The van der Waals surface area contributed by atoms with Crippen molar-refractivity contribution < 1.29 is 14.5 Å². The highest BCUT2D eigenvalue weighted by molar-refractivity contribution is 7.80. The molecule has 0 aliphatic rings. The van der Waals surface area contributed by atoms with E-state index in [0.29, 0.717) is 13.2 Å². The topological polar surface area (TPSA) is 96.7 Å². The molecule has 0 aliphatic carbocycles. The molecule has 8 nitrogen and oxygen atoms in total. The number of hydrazine groups is 1. The lowest BCUT2D eigenvalue weighted by atomic mass is 10.1.